The predicted molar refractivity (Wildman–Crippen MR) is 339 cm³/mol. The van der Waals surface area contributed by atoms with Crippen molar-refractivity contribution in [2.45, 2.75) is 10.8 Å². The third-order valence-corrected chi connectivity index (χ3v) is 18.9. The molecule has 13 aromatic carbocycles. The molecule has 2 heteroatoms. The predicted octanol–water partition coefficient (Wildman–Crippen LogP) is 20.3. The molecule has 18 rings (SSSR count). The number of hydrogen-bond acceptors (Lipinski definition) is 1. The molecule has 1 aromatic heterocycles. The summed E-state index contributed by atoms with van der Waals surface area (Å²) in [5.41, 5.74) is 31.7. The van der Waals surface area contributed by atoms with Gasteiger partial charge in [-0.15, -0.1) is 0 Å². The molecule has 0 radical (unpaired) electrons. The van der Waals surface area contributed by atoms with Crippen LogP contribution in [0.3, 0.4) is 0 Å². The van der Waals surface area contributed by atoms with E-state index in [9.17, 15) is 0 Å². The second-order valence-corrected chi connectivity index (χ2v) is 22.6. The quantitative estimate of drug-likeness (QED) is 0.161. The van der Waals surface area contributed by atoms with Crippen LogP contribution in [0.25, 0.3) is 94.3 Å². The van der Waals surface area contributed by atoms with E-state index in [-0.39, 0.29) is 0 Å². The number of benzene rings is 13. The molecule has 0 saturated heterocycles. The highest BCUT2D eigenvalue weighted by atomic mass is 15.1. The zero-order chi connectivity index (χ0) is 53.7. The number of aromatic nitrogens is 1. The van der Waals surface area contributed by atoms with E-state index in [0.717, 1.165) is 22.7 Å². The Morgan fingerprint density at radius 2 is 0.488 bits per heavy atom. The van der Waals surface area contributed by atoms with Gasteiger partial charge in [-0.3, -0.25) is 0 Å². The summed E-state index contributed by atoms with van der Waals surface area (Å²) in [5.74, 6) is 0. The molecule has 0 amide bonds. The summed E-state index contributed by atoms with van der Waals surface area (Å²) in [5, 5.41) is 2.54. The van der Waals surface area contributed by atoms with Gasteiger partial charge in [0.05, 0.1) is 21.9 Å². The molecule has 82 heavy (non-hydrogen) atoms. The number of rotatable bonds is 6. The molecule has 0 fully saturated rings. The topological polar surface area (TPSA) is 8.17 Å². The number of anilines is 3. The van der Waals surface area contributed by atoms with E-state index in [1.807, 2.05) is 0 Å². The molecular formula is C80H50N2. The Kier molecular flexibility index (Phi) is 9.39. The van der Waals surface area contributed by atoms with Gasteiger partial charge in [0.2, 0.25) is 0 Å². The minimum absolute atomic E-state index is 0.480. The van der Waals surface area contributed by atoms with E-state index in [1.165, 1.54) is 133 Å². The Balaban J connectivity index is 0.779. The molecule has 2 spiro atoms. The van der Waals surface area contributed by atoms with Crippen LogP contribution in [-0.4, -0.2) is 4.57 Å². The minimum Gasteiger partial charge on any atom is -0.310 e. The SMILES string of the molecule is c1ccc2c(c1)-c1ccccc1C21c2ccccc2-c2ccc(N(c3ccc(-c4ccc(-c5ccc(-n6c7ccccc7c7ccccc76)cc5)cc4)cc3)c3ccc4c(c3)C3(c5ccccc5-c5ccccc53)c3ccccc3-4)cc21. The second kappa shape index (κ2) is 17.0. The standard InChI is InChI=1S/C80H50N2/c1-9-25-69-59(17-1)60-18-2-10-26-70(60)79(69)73-29-13-5-21-63(73)65-47-45-57(49-75(65)79)81(58-46-48-66-64-22-6-14-30-74(64)80(76(66)50-58)71-27-11-3-19-61(71)62-20-4-12-28-72(62)80)55-41-37-53(38-42-55)51-33-35-52(36-34-51)54-39-43-56(44-40-54)82-77-31-15-7-23-67(77)68-24-8-16-32-78(68)82/h1-50H. The normalized spacial score (nSPS) is 13.8. The lowest BCUT2D eigenvalue weighted by Gasteiger charge is -2.33. The highest BCUT2D eigenvalue weighted by Crippen LogP contribution is 2.65. The van der Waals surface area contributed by atoms with Crippen LogP contribution in [0.5, 0.6) is 0 Å². The molecule has 380 valence electrons. The molecule has 0 unspecified atom stereocenters. The number of nitrogens with zero attached hydrogens (tertiary/aromatic N) is 2. The van der Waals surface area contributed by atoms with Crippen LogP contribution in [0, 0.1) is 0 Å². The first-order valence-corrected chi connectivity index (χ1v) is 28.7. The van der Waals surface area contributed by atoms with Crippen LogP contribution in [0.2, 0.25) is 0 Å². The largest absolute Gasteiger partial charge is 0.310 e. The summed E-state index contributed by atoms with van der Waals surface area (Å²) in [6.45, 7) is 0. The molecular weight excluding hydrogens is 989 g/mol. The summed E-state index contributed by atoms with van der Waals surface area (Å²) >= 11 is 0. The maximum Gasteiger partial charge on any atom is 0.0726 e. The van der Waals surface area contributed by atoms with E-state index in [0.29, 0.717) is 0 Å². The maximum absolute atomic E-state index is 2.52. The molecule has 4 aliphatic rings. The molecule has 14 aromatic rings. The summed E-state index contributed by atoms with van der Waals surface area (Å²) in [4.78, 5) is 2.52. The molecule has 4 aliphatic carbocycles. The van der Waals surface area contributed by atoms with Crippen LogP contribution in [0.4, 0.5) is 17.1 Å². The zero-order valence-electron chi connectivity index (χ0n) is 44.8. The number of para-hydroxylation sites is 2. The maximum atomic E-state index is 2.52. The van der Waals surface area contributed by atoms with Crippen molar-refractivity contribution in [2.24, 2.45) is 0 Å². The average molecular weight is 1040 g/mol. The Hall–Kier alpha value is -10.5. The first kappa shape index (κ1) is 45.3. The van der Waals surface area contributed by atoms with Crippen LogP contribution in [0.1, 0.15) is 44.5 Å². The lowest BCUT2D eigenvalue weighted by Crippen LogP contribution is -2.26. The van der Waals surface area contributed by atoms with Gasteiger partial charge < -0.3 is 9.47 Å². The van der Waals surface area contributed by atoms with Crippen molar-refractivity contribution in [3.63, 3.8) is 0 Å². The Bertz CT molecular complexity index is 4600. The van der Waals surface area contributed by atoms with Crippen LogP contribution < -0.4 is 4.90 Å². The minimum atomic E-state index is -0.480. The Morgan fingerprint density at radius 3 is 0.841 bits per heavy atom. The first-order chi connectivity index (χ1) is 40.7. The van der Waals surface area contributed by atoms with Gasteiger partial charge >= 0.3 is 0 Å². The van der Waals surface area contributed by atoms with Crippen molar-refractivity contribution in [1.82, 2.24) is 4.57 Å². The number of fused-ring (bicyclic) bond motifs is 23. The fourth-order valence-electron chi connectivity index (χ4n) is 15.6. The molecule has 0 bridgehead atoms. The summed E-state index contributed by atoms with van der Waals surface area (Å²) in [6, 6.07) is 114. The Labute approximate surface area is 476 Å². The zero-order valence-corrected chi connectivity index (χ0v) is 44.8. The van der Waals surface area contributed by atoms with Gasteiger partial charge in [0.15, 0.2) is 0 Å². The highest BCUT2D eigenvalue weighted by Gasteiger charge is 2.53. The van der Waals surface area contributed by atoms with Crippen molar-refractivity contribution in [2.75, 3.05) is 4.90 Å². The first-order valence-electron chi connectivity index (χ1n) is 28.7. The monoisotopic (exact) mass is 1040 g/mol. The van der Waals surface area contributed by atoms with Crippen LogP contribution in [-0.2, 0) is 10.8 Å². The van der Waals surface area contributed by atoms with E-state index in [4.69, 9.17) is 0 Å². The average Bonchev–Trinajstić information content (AvgIpc) is 1.78. The highest BCUT2D eigenvalue weighted by molar-refractivity contribution is 6.09. The van der Waals surface area contributed by atoms with Gasteiger partial charge in [-0.1, -0.05) is 243 Å². The molecule has 1 heterocycles. The lowest BCUT2D eigenvalue weighted by molar-refractivity contribution is 0.792. The van der Waals surface area contributed by atoms with Crippen molar-refractivity contribution in [3.8, 4) is 72.4 Å². The van der Waals surface area contributed by atoms with Gasteiger partial charge in [-0.25, -0.2) is 0 Å². The molecule has 2 nitrogen and oxygen atoms in total. The summed E-state index contributed by atoms with van der Waals surface area (Å²) in [6.07, 6.45) is 0. The molecule has 0 saturated carbocycles. The van der Waals surface area contributed by atoms with Gasteiger partial charge in [0.1, 0.15) is 0 Å². The molecule has 0 N–H and O–H groups in total. The van der Waals surface area contributed by atoms with Crippen molar-refractivity contribution in [3.05, 3.63) is 348 Å². The van der Waals surface area contributed by atoms with E-state index >= 15 is 0 Å². The van der Waals surface area contributed by atoms with Gasteiger partial charge in [-0.2, -0.15) is 0 Å². The third kappa shape index (κ3) is 5.97. The second-order valence-electron chi connectivity index (χ2n) is 22.6. The van der Waals surface area contributed by atoms with Gasteiger partial charge in [0, 0.05) is 33.5 Å². The summed E-state index contributed by atoms with van der Waals surface area (Å²) < 4.78 is 2.38. The summed E-state index contributed by atoms with van der Waals surface area (Å²) in [7, 11) is 0. The molecule has 0 atom stereocenters. The van der Waals surface area contributed by atoms with Gasteiger partial charge in [0.25, 0.3) is 0 Å². The van der Waals surface area contributed by atoms with Crippen LogP contribution in [0.15, 0.2) is 303 Å². The lowest BCUT2D eigenvalue weighted by atomic mass is 9.70. The van der Waals surface area contributed by atoms with Crippen molar-refractivity contribution in [1.29, 1.82) is 0 Å². The Morgan fingerprint density at radius 1 is 0.220 bits per heavy atom. The third-order valence-electron chi connectivity index (χ3n) is 18.9. The molecule has 0 aliphatic heterocycles. The van der Waals surface area contributed by atoms with E-state index in [2.05, 4.69) is 313 Å². The van der Waals surface area contributed by atoms with Gasteiger partial charge in [-0.05, 0) is 172 Å². The van der Waals surface area contributed by atoms with E-state index in [1.54, 1.807) is 0 Å². The van der Waals surface area contributed by atoms with Crippen LogP contribution >= 0.6 is 0 Å². The number of hydrogen-bond donors (Lipinski definition) is 0. The van der Waals surface area contributed by atoms with Crippen molar-refractivity contribution >= 4 is 38.9 Å². The smallest absolute Gasteiger partial charge is 0.0726 e. The van der Waals surface area contributed by atoms with E-state index < -0.39 is 10.8 Å². The fraction of sp³-hybridized carbons (Fsp3) is 0.0250. The fourth-order valence-corrected chi connectivity index (χ4v) is 15.6. The van der Waals surface area contributed by atoms with Crippen molar-refractivity contribution < 1.29 is 0 Å².